The minimum Gasteiger partial charge on any atom is -0.550 e. The van der Waals surface area contributed by atoms with Crippen LogP contribution in [0.3, 0.4) is 0 Å². The lowest BCUT2D eigenvalue weighted by Crippen LogP contribution is -2.24. The fourth-order valence-electron chi connectivity index (χ4n) is 0.840. The molecule has 0 aliphatic carbocycles. The molecule has 0 aliphatic rings. The van der Waals surface area contributed by atoms with Crippen molar-refractivity contribution < 1.29 is 9.90 Å². The van der Waals surface area contributed by atoms with Gasteiger partial charge in [0.15, 0.2) is 0 Å². The van der Waals surface area contributed by atoms with E-state index in [-0.39, 0.29) is 11.4 Å². The summed E-state index contributed by atoms with van der Waals surface area (Å²) in [7, 11) is 0. The number of carbonyl (C=O) groups is 1. The normalized spacial score (nSPS) is 9.83. The van der Waals surface area contributed by atoms with Gasteiger partial charge in [-0.2, -0.15) is 0 Å². The zero-order valence-corrected chi connectivity index (χ0v) is 7.52. The van der Waals surface area contributed by atoms with E-state index in [4.69, 9.17) is 23.2 Å². The Morgan fingerprint density at radius 3 is 2.67 bits per heavy atom. The van der Waals surface area contributed by atoms with Crippen molar-refractivity contribution in [3.8, 4) is 0 Å². The molecule has 0 unspecified atom stereocenters. The maximum absolute atomic E-state index is 10.2. The van der Waals surface area contributed by atoms with Crippen molar-refractivity contribution in [1.82, 2.24) is 0 Å². The molecule has 0 amide bonds. The van der Waals surface area contributed by atoms with E-state index < -0.39 is 5.97 Å². The third-order valence-corrected chi connectivity index (χ3v) is 2.22. The van der Waals surface area contributed by atoms with Gasteiger partial charge in [-0.25, -0.2) is 0 Å². The number of carboxylic acids is 1. The highest BCUT2D eigenvalue weighted by molar-refractivity contribution is 6.42. The second-order valence-electron chi connectivity index (χ2n) is 2.26. The molecule has 0 N–H and O–H groups in total. The molecule has 0 aromatic heterocycles. The van der Waals surface area contributed by atoms with E-state index in [1.165, 1.54) is 0 Å². The van der Waals surface area contributed by atoms with Crippen LogP contribution in [0.1, 0.15) is 5.56 Å². The van der Waals surface area contributed by atoms with Crippen LogP contribution in [0.5, 0.6) is 0 Å². The molecule has 4 heteroatoms. The van der Waals surface area contributed by atoms with Crippen LogP contribution < -0.4 is 5.11 Å². The first-order valence-corrected chi connectivity index (χ1v) is 3.99. The first kappa shape index (κ1) is 9.36. The zero-order chi connectivity index (χ0) is 9.14. The smallest absolute Gasteiger partial charge is 0.0628 e. The maximum atomic E-state index is 10.2. The summed E-state index contributed by atoms with van der Waals surface area (Å²) in [5.74, 6) is -1.17. The number of hydrogen-bond acceptors (Lipinski definition) is 2. The monoisotopic (exact) mass is 203 g/mol. The first-order valence-electron chi connectivity index (χ1n) is 3.24. The number of halogens is 2. The summed E-state index contributed by atoms with van der Waals surface area (Å²) >= 11 is 11.4. The topological polar surface area (TPSA) is 40.1 Å². The highest BCUT2D eigenvalue weighted by atomic mass is 35.5. The quantitative estimate of drug-likeness (QED) is 0.727. The van der Waals surface area contributed by atoms with Crippen LogP contribution in [0.4, 0.5) is 0 Å². The summed E-state index contributed by atoms with van der Waals surface area (Å²) < 4.78 is 0. The number of carboxylic acid groups (broad SMARTS) is 1. The molecule has 0 bridgehead atoms. The summed E-state index contributed by atoms with van der Waals surface area (Å²) in [4.78, 5) is 10.2. The Bertz CT molecular complexity index is 310. The van der Waals surface area contributed by atoms with E-state index in [1.807, 2.05) is 0 Å². The van der Waals surface area contributed by atoms with Gasteiger partial charge in [-0.1, -0.05) is 35.3 Å². The Kier molecular flexibility index (Phi) is 2.95. The molecule has 1 aromatic rings. The molecule has 0 aliphatic heterocycles. The molecule has 0 saturated carbocycles. The van der Waals surface area contributed by atoms with E-state index in [9.17, 15) is 9.90 Å². The number of aliphatic carboxylic acids is 1. The lowest BCUT2D eigenvalue weighted by atomic mass is 10.1. The fraction of sp³-hybridized carbons (Fsp3) is 0.125. The third kappa shape index (κ3) is 2.13. The first-order chi connectivity index (χ1) is 5.61. The van der Waals surface area contributed by atoms with E-state index in [1.54, 1.807) is 18.2 Å². The van der Waals surface area contributed by atoms with Gasteiger partial charge >= 0.3 is 0 Å². The number of hydrogen-bond donors (Lipinski definition) is 0. The van der Waals surface area contributed by atoms with Gasteiger partial charge in [0.2, 0.25) is 0 Å². The fourth-order valence-corrected chi connectivity index (χ4v) is 1.23. The van der Waals surface area contributed by atoms with Crippen molar-refractivity contribution in [3.63, 3.8) is 0 Å². The molecule has 0 saturated heterocycles. The maximum Gasteiger partial charge on any atom is 0.0628 e. The summed E-state index contributed by atoms with van der Waals surface area (Å²) in [6, 6.07) is 4.85. The van der Waals surface area contributed by atoms with Gasteiger partial charge in [0.05, 0.1) is 10.0 Å². The van der Waals surface area contributed by atoms with Crippen molar-refractivity contribution in [3.05, 3.63) is 33.8 Å². The zero-order valence-electron chi connectivity index (χ0n) is 6.01. The predicted molar refractivity (Wildman–Crippen MR) is 45.2 cm³/mol. The molecule has 0 spiro atoms. The third-order valence-electron chi connectivity index (χ3n) is 1.37. The van der Waals surface area contributed by atoms with E-state index in [0.29, 0.717) is 10.6 Å². The average molecular weight is 204 g/mol. The van der Waals surface area contributed by atoms with Crippen LogP contribution >= 0.6 is 23.2 Å². The molecule has 64 valence electrons. The lowest BCUT2D eigenvalue weighted by molar-refractivity contribution is -0.304. The summed E-state index contributed by atoms with van der Waals surface area (Å²) in [5, 5.41) is 10.9. The van der Waals surface area contributed by atoms with Crippen LogP contribution in [-0.2, 0) is 11.2 Å². The number of rotatable bonds is 2. The van der Waals surface area contributed by atoms with Gasteiger partial charge in [-0.3, -0.25) is 0 Å². The van der Waals surface area contributed by atoms with Gasteiger partial charge in [0.25, 0.3) is 0 Å². The Labute approximate surface area is 79.7 Å². The van der Waals surface area contributed by atoms with Gasteiger partial charge in [-0.15, -0.1) is 0 Å². The van der Waals surface area contributed by atoms with Gasteiger partial charge in [0.1, 0.15) is 0 Å². The van der Waals surface area contributed by atoms with E-state index in [2.05, 4.69) is 0 Å². The van der Waals surface area contributed by atoms with Crippen molar-refractivity contribution >= 4 is 29.2 Å². The van der Waals surface area contributed by atoms with Gasteiger partial charge in [0, 0.05) is 12.4 Å². The number of benzene rings is 1. The molecule has 0 fully saturated rings. The Morgan fingerprint density at radius 1 is 1.42 bits per heavy atom. The predicted octanol–water partition coefficient (Wildman–Crippen LogP) is 1.29. The second-order valence-corrected chi connectivity index (χ2v) is 3.05. The molecule has 1 aromatic carbocycles. The Morgan fingerprint density at radius 2 is 2.08 bits per heavy atom. The molecule has 12 heavy (non-hydrogen) atoms. The van der Waals surface area contributed by atoms with Crippen molar-refractivity contribution in [2.45, 2.75) is 6.42 Å². The molecule has 0 heterocycles. The van der Waals surface area contributed by atoms with Crippen LogP contribution in [-0.4, -0.2) is 5.97 Å². The Balaban J connectivity index is 3.00. The van der Waals surface area contributed by atoms with Gasteiger partial charge < -0.3 is 9.90 Å². The highest BCUT2D eigenvalue weighted by Crippen LogP contribution is 2.25. The van der Waals surface area contributed by atoms with Crippen molar-refractivity contribution in [2.75, 3.05) is 0 Å². The molecule has 0 atom stereocenters. The van der Waals surface area contributed by atoms with Gasteiger partial charge in [-0.05, 0) is 11.6 Å². The van der Waals surface area contributed by atoms with Crippen LogP contribution in [0.25, 0.3) is 0 Å². The van der Waals surface area contributed by atoms with Crippen molar-refractivity contribution in [1.29, 1.82) is 0 Å². The molecule has 0 radical (unpaired) electrons. The largest absolute Gasteiger partial charge is 0.550 e. The minimum absolute atomic E-state index is 0.209. The van der Waals surface area contributed by atoms with E-state index >= 15 is 0 Å². The lowest BCUT2D eigenvalue weighted by Gasteiger charge is -2.05. The highest BCUT2D eigenvalue weighted by Gasteiger charge is 2.03. The SMILES string of the molecule is O=C([O-])Cc1cccc(Cl)c1Cl. The summed E-state index contributed by atoms with van der Waals surface area (Å²) in [6.07, 6.45) is -0.209. The van der Waals surface area contributed by atoms with Crippen LogP contribution in [0.2, 0.25) is 10.0 Å². The van der Waals surface area contributed by atoms with Crippen LogP contribution in [0, 0.1) is 0 Å². The second kappa shape index (κ2) is 3.78. The average Bonchev–Trinajstić information content (AvgIpc) is 1.98. The van der Waals surface area contributed by atoms with Crippen molar-refractivity contribution in [2.24, 2.45) is 0 Å². The number of carbonyl (C=O) groups excluding carboxylic acids is 1. The minimum atomic E-state index is -1.17. The standard InChI is InChI=1S/C8H6Cl2O2/c9-6-3-1-2-5(8(6)10)4-7(11)12/h1-3H,4H2,(H,11,12)/p-1. The summed E-state index contributed by atoms with van der Waals surface area (Å²) in [5.41, 5.74) is 0.476. The van der Waals surface area contributed by atoms with Crippen LogP contribution in [0.15, 0.2) is 18.2 Å². The van der Waals surface area contributed by atoms with E-state index in [0.717, 1.165) is 0 Å². The molecular formula is C8H5Cl2O2-. The summed E-state index contributed by atoms with van der Waals surface area (Å²) in [6.45, 7) is 0. The molecule has 2 nitrogen and oxygen atoms in total. The Hall–Kier alpha value is -0.730. The molecular weight excluding hydrogens is 199 g/mol. The molecule has 1 rings (SSSR count).